The maximum atomic E-state index is 12.3. The normalized spacial score (nSPS) is 11.6. The molecule has 0 amide bonds. The van der Waals surface area contributed by atoms with E-state index >= 15 is 0 Å². The number of pyridine rings is 1. The Morgan fingerprint density at radius 3 is 2.43 bits per heavy atom. The van der Waals surface area contributed by atoms with Crippen molar-refractivity contribution in [2.45, 2.75) is 6.92 Å². The summed E-state index contributed by atoms with van der Waals surface area (Å²) in [5.41, 5.74) is 6.61. The van der Waals surface area contributed by atoms with Crippen LogP contribution >= 0.6 is 23.2 Å². The van der Waals surface area contributed by atoms with Gasteiger partial charge in [-0.05, 0) is 36.8 Å². The average molecular weight is 437 g/mol. The van der Waals surface area contributed by atoms with Crippen LogP contribution in [0.4, 0.5) is 0 Å². The molecule has 7 heteroatoms. The Morgan fingerprint density at radius 2 is 1.73 bits per heavy atom. The maximum absolute atomic E-state index is 12.3. The van der Waals surface area contributed by atoms with Crippen molar-refractivity contribution in [3.8, 4) is 22.4 Å². The van der Waals surface area contributed by atoms with Crippen LogP contribution in [-0.2, 0) is 14.1 Å². The summed E-state index contributed by atoms with van der Waals surface area (Å²) in [4.78, 5) is 12.3. The lowest BCUT2D eigenvalue weighted by Crippen LogP contribution is -2.16. The lowest BCUT2D eigenvalue weighted by Gasteiger charge is -2.14. The number of aromatic nitrogens is 4. The Kier molecular flexibility index (Phi) is 4.27. The van der Waals surface area contributed by atoms with E-state index in [1.54, 1.807) is 29.9 Å². The van der Waals surface area contributed by atoms with E-state index in [9.17, 15) is 4.79 Å². The van der Waals surface area contributed by atoms with Crippen LogP contribution < -0.4 is 5.56 Å². The van der Waals surface area contributed by atoms with E-state index in [0.717, 1.165) is 49.9 Å². The molecule has 3 aromatic heterocycles. The molecular formula is C23H18Cl2N4O. The zero-order valence-electron chi connectivity index (χ0n) is 16.6. The smallest absolute Gasteiger partial charge is 0.251 e. The van der Waals surface area contributed by atoms with Crippen molar-refractivity contribution in [3.63, 3.8) is 0 Å². The fraction of sp³-hybridized carbons (Fsp3) is 0.130. The monoisotopic (exact) mass is 436 g/mol. The van der Waals surface area contributed by atoms with Gasteiger partial charge in [-0.15, -0.1) is 0 Å². The zero-order valence-corrected chi connectivity index (χ0v) is 18.1. The molecule has 2 aromatic carbocycles. The minimum Gasteiger partial charge on any atom is -0.330 e. The van der Waals surface area contributed by atoms with Crippen LogP contribution in [0.15, 0.2) is 53.5 Å². The van der Waals surface area contributed by atoms with Gasteiger partial charge in [0.15, 0.2) is 0 Å². The number of nitrogens with one attached hydrogen (secondary N) is 1. The summed E-state index contributed by atoms with van der Waals surface area (Å²) in [5, 5.41) is 10.5. The molecule has 5 aromatic rings. The number of aromatic amines is 1. The molecule has 0 aliphatic heterocycles. The third-order valence-electron chi connectivity index (χ3n) is 5.71. The molecule has 0 fully saturated rings. The van der Waals surface area contributed by atoms with Crippen LogP contribution in [-0.4, -0.2) is 19.3 Å². The standard InChI is InChI=1S/C23H18Cl2N4O/c1-12-11-26-27-22(12)15-6-8-18-21(20(15)14-5-4-13(24)10-17(14)25)16-7-9-19(30)29(3)23(16)28(18)2/h4-11H,1-3H3,(H,26,27). The summed E-state index contributed by atoms with van der Waals surface area (Å²) < 4.78 is 3.71. The Bertz CT molecular complexity index is 1520. The van der Waals surface area contributed by atoms with Gasteiger partial charge in [0.2, 0.25) is 0 Å². The summed E-state index contributed by atoms with van der Waals surface area (Å²) in [6.07, 6.45) is 1.81. The molecule has 0 aliphatic rings. The van der Waals surface area contributed by atoms with Gasteiger partial charge in [-0.3, -0.25) is 14.5 Å². The highest BCUT2D eigenvalue weighted by Gasteiger charge is 2.22. The molecule has 30 heavy (non-hydrogen) atoms. The first-order valence-corrected chi connectivity index (χ1v) is 10.2. The number of aryl methyl sites for hydroxylation is 3. The Balaban J connectivity index is 2.05. The number of rotatable bonds is 2. The highest BCUT2D eigenvalue weighted by Crippen LogP contribution is 2.44. The van der Waals surface area contributed by atoms with Gasteiger partial charge in [0.25, 0.3) is 5.56 Å². The van der Waals surface area contributed by atoms with Crippen molar-refractivity contribution >= 4 is 45.1 Å². The maximum Gasteiger partial charge on any atom is 0.251 e. The number of nitrogens with zero attached hydrogens (tertiary/aromatic N) is 3. The molecule has 0 bridgehead atoms. The van der Waals surface area contributed by atoms with E-state index in [0.29, 0.717) is 10.0 Å². The second-order valence-electron chi connectivity index (χ2n) is 7.46. The predicted molar refractivity (Wildman–Crippen MR) is 123 cm³/mol. The summed E-state index contributed by atoms with van der Waals surface area (Å²) in [6.45, 7) is 2.02. The Labute approximate surface area is 182 Å². The van der Waals surface area contributed by atoms with Crippen LogP contribution in [0.3, 0.4) is 0 Å². The molecule has 0 radical (unpaired) electrons. The predicted octanol–water partition coefficient (Wildman–Crippen LogP) is 5.70. The third-order valence-corrected chi connectivity index (χ3v) is 6.26. The molecule has 0 spiro atoms. The van der Waals surface area contributed by atoms with Crippen molar-refractivity contribution in [3.05, 3.63) is 74.6 Å². The van der Waals surface area contributed by atoms with Gasteiger partial charge in [0, 0.05) is 57.7 Å². The third kappa shape index (κ3) is 2.62. The quantitative estimate of drug-likeness (QED) is 0.385. The van der Waals surface area contributed by atoms with E-state index in [-0.39, 0.29) is 5.56 Å². The van der Waals surface area contributed by atoms with Crippen molar-refractivity contribution < 1.29 is 0 Å². The highest BCUT2D eigenvalue weighted by atomic mass is 35.5. The molecule has 150 valence electrons. The van der Waals surface area contributed by atoms with E-state index < -0.39 is 0 Å². The van der Waals surface area contributed by atoms with E-state index in [1.165, 1.54) is 0 Å². The molecule has 3 heterocycles. The van der Waals surface area contributed by atoms with Gasteiger partial charge >= 0.3 is 0 Å². The number of fused-ring (bicyclic) bond motifs is 3. The second-order valence-corrected chi connectivity index (χ2v) is 8.30. The second kappa shape index (κ2) is 6.76. The minimum atomic E-state index is -0.0517. The summed E-state index contributed by atoms with van der Waals surface area (Å²) in [7, 11) is 3.76. The van der Waals surface area contributed by atoms with Gasteiger partial charge in [-0.1, -0.05) is 35.3 Å². The van der Waals surface area contributed by atoms with Crippen LogP contribution in [0.5, 0.6) is 0 Å². The lowest BCUT2D eigenvalue weighted by atomic mass is 9.92. The topological polar surface area (TPSA) is 55.6 Å². The van der Waals surface area contributed by atoms with Crippen molar-refractivity contribution in [1.29, 1.82) is 0 Å². The van der Waals surface area contributed by atoms with Crippen LogP contribution in [0.1, 0.15) is 5.56 Å². The Hall–Kier alpha value is -3.02. The molecule has 0 saturated carbocycles. The molecule has 0 saturated heterocycles. The Morgan fingerprint density at radius 1 is 0.967 bits per heavy atom. The highest BCUT2D eigenvalue weighted by molar-refractivity contribution is 6.37. The molecule has 1 N–H and O–H groups in total. The molecule has 0 aliphatic carbocycles. The first-order chi connectivity index (χ1) is 14.4. The largest absolute Gasteiger partial charge is 0.330 e. The van der Waals surface area contributed by atoms with Gasteiger partial charge in [-0.25, -0.2) is 0 Å². The number of H-pyrrole nitrogens is 1. The van der Waals surface area contributed by atoms with Crippen molar-refractivity contribution in [1.82, 2.24) is 19.3 Å². The zero-order chi connectivity index (χ0) is 21.2. The average Bonchev–Trinajstić information content (AvgIpc) is 3.26. The first kappa shape index (κ1) is 19.0. The van der Waals surface area contributed by atoms with Crippen LogP contribution in [0, 0.1) is 6.92 Å². The van der Waals surface area contributed by atoms with Crippen LogP contribution in [0.25, 0.3) is 44.3 Å². The number of hydrogen-bond donors (Lipinski definition) is 1. The van der Waals surface area contributed by atoms with E-state index in [2.05, 4.69) is 22.3 Å². The molecule has 0 atom stereocenters. The van der Waals surface area contributed by atoms with Crippen molar-refractivity contribution in [2.24, 2.45) is 14.1 Å². The number of halogens is 2. The minimum absolute atomic E-state index is 0.0517. The molecule has 0 unspecified atom stereocenters. The summed E-state index contributed by atoms with van der Waals surface area (Å²) in [6, 6.07) is 13.2. The lowest BCUT2D eigenvalue weighted by molar-refractivity contribution is 0.845. The fourth-order valence-electron chi connectivity index (χ4n) is 4.28. The summed E-state index contributed by atoms with van der Waals surface area (Å²) >= 11 is 12.9. The van der Waals surface area contributed by atoms with E-state index in [4.69, 9.17) is 23.2 Å². The van der Waals surface area contributed by atoms with Gasteiger partial charge in [0.1, 0.15) is 5.65 Å². The molecule has 5 rings (SSSR count). The SMILES string of the molecule is Cc1cn[nH]c1-c1ccc2c(c1-c1ccc(Cl)cc1Cl)c1ccc(=O)n(C)c1n2C. The first-order valence-electron chi connectivity index (χ1n) is 9.45. The van der Waals surface area contributed by atoms with Gasteiger partial charge in [0.05, 0.1) is 17.4 Å². The fourth-order valence-corrected chi connectivity index (χ4v) is 4.79. The molecular weight excluding hydrogens is 419 g/mol. The van der Waals surface area contributed by atoms with Gasteiger partial charge < -0.3 is 4.57 Å². The van der Waals surface area contributed by atoms with Crippen molar-refractivity contribution in [2.75, 3.05) is 0 Å². The molecule has 5 nitrogen and oxygen atoms in total. The van der Waals surface area contributed by atoms with Gasteiger partial charge in [-0.2, -0.15) is 5.10 Å². The van der Waals surface area contributed by atoms with E-state index in [1.807, 2.05) is 36.7 Å². The summed E-state index contributed by atoms with van der Waals surface area (Å²) in [5.74, 6) is 0. The number of benzene rings is 2. The van der Waals surface area contributed by atoms with Crippen LogP contribution in [0.2, 0.25) is 10.0 Å². The number of hydrogen-bond acceptors (Lipinski definition) is 2.